The average molecular weight is 224 g/mol. The van der Waals surface area contributed by atoms with Gasteiger partial charge in [0.05, 0.1) is 6.54 Å². The van der Waals surface area contributed by atoms with Crippen LogP contribution in [0.25, 0.3) is 0 Å². The first kappa shape index (κ1) is 11.1. The van der Waals surface area contributed by atoms with Gasteiger partial charge in [-0.2, -0.15) is 4.98 Å². The molecule has 1 aliphatic heterocycles. The topological polar surface area (TPSA) is 85.3 Å². The number of carbonyl (C=O) groups is 1. The van der Waals surface area contributed by atoms with Crippen molar-refractivity contribution in [3.8, 4) is 0 Å². The van der Waals surface area contributed by atoms with E-state index < -0.39 is 0 Å². The molecule has 1 aromatic rings. The molecule has 1 aliphatic rings. The summed E-state index contributed by atoms with van der Waals surface area (Å²) in [6.07, 6.45) is 1.64. The van der Waals surface area contributed by atoms with Gasteiger partial charge in [-0.1, -0.05) is 5.16 Å². The van der Waals surface area contributed by atoms with Gasteiger partial charge in [-0.3, -0.25) is 9.69 Å². The van der Waals surface area contributed by atoms with Crippen LogP contribution in [0.2, 0.25) is 0 Å². The predicted molar refractivity (Wildman–Crippen MR) is 56.2 cm³/mol. The Labute approximate surface area is 93.8 Å². The van der Waals surface area contributed by atoms with E-state index in [0.29, 0.717) is 18.3 Å². The summed E-state index contributed by atoms with van der Waals surface area (Å²) in [5.41, 5.74) is 5.27. The van der Waals surface area contributed by atoms with Crippen LogP contribution >= 0.6 is 0 Å². The lowest BCUT2D eigenvalue weighted by molar-refractivity contribution is -0.123. The van der Waals surface area contributed by atoms with Crippen molar-refractivity contribution in [2.75, 3.05) is 13.1 Å². The van der Waals surface area contributed by atoms with Crippen molar-refractivity contribution < 1.29 is 9.32 Å². The molecule has 0 aliphatic carbocycles. The number of primary amides is 1. The Bertz CT molecular complexity index is 369. The molecule has 1 amide bonds. The highest BCUT2D eigenvalue weighted by Crippen LogP contribution is 2.17. The number of likely N-dealkylation sites (tertiary alicyclic amines) is 1. The average Bonchev–Trinajstić information content (AvgIpc) is 2.65. The van der Waals surface area contributed by atoms with Gasteiger partial charge < -0.3 is 10.3 Å². The molecule has 2 N–H and O–H groups in total. The van der Waals surface area contributed by atoms with Gasteiger partial charge in [0.1, 0.15) is 0 Å². The molecule has 0 aromatic carbocycles. The number of piperidine rings is 1. The molecule has 2 heterocycles. The number of nitrogens with zero attached hydrogens (tertiary/aromatic N) is 3. The normalized spacial score (nSPS) is 18.8. The Morgan fingerprint density at radius 2 is 2.25 bits per heavy atom. The molecule has 0 spiro atoms. The molecule has 0 radical (unpaired) electrons. The molecule has 6 heteroatoms. The molecule has 0 saturated carbocycles. The molecule has 88 valence electrons. The van der Waals surface area contributed by atoms with Gasteiger partial charge in [0.25, 0.3) is 0 Å². The van der Waals surface area contributed by atoms with Crippen LogP contribution in [0.1, 0.15) is 24.6 Å². The lowest BCUT2D eigenvalue weighted by Gasteiger charge is -2.29. The number of rotatable bonds is 3. The highest BCUT2D eigenvalue weighted by atomic mass is 16.5. The Balaban J connectivity index is 1.83. The maximum atomic E-state index is 11.0. The summed E-state index contributed by atoms with van der Waals surface area (Å²) in [4.78, 5) is 17.3. The van der Waals surface area contributed by atoms with Crippen molar-refractivity contribution in [3.05, 3.63) is 11.7 Å². The third-order valence-corrected chi connectivity index (χ3v) is 2.92. The van der Waals surface area contributed by atoms with Crippen LogP contribution in [-0.4, -0.2) is 34.0 Å². The van der Waals surface area contributed by atoms with E-state index in [1.54, 1.807) is 6.92 Å². The zero-order valence-corrected chi connectivity index (χ0v) is 9.35. The summed E-state index contributed by atoms with van der Waals surface area (Å²) < 4.78 is 5.05. The first-order chi connectivity index (χ1) is 7.65. The van der Waals surface area contributed by atoms with E-state index in [0.717, 1.165) is 25.9 Å². The molecular formula is C10H16N4O2. The second kappa shape index (κ2) is 4.61. The Morgan fingerprint density at radius 3 is 2.75 bits per heavy atom. The molecule has 0 bridgehead atoms. The van der Waals surface area contributed by atoms with Gasteiger partial charge in [-0.25, -0.2) is 0 Å². The summed E-state index contributed by atoms with van der Waals surface area (Å²) >= 11 is 0. The predicted octanol–water partition coefficient (Wildman–Crippen LogP) is 0.0753. The van der Waals surface area contributed by atoms with Gasteiger partial charge >= 0.3 is 0 Å². The van der Waals surface area contributed by atoms with Crippen molar-refractivity contribution >= 4 is 5.91 Å². The minimum absolute atomic E-state index is 0.0284. The molecule has 6 nitrogen and oxygen atoms in total. The highest BCUT2D eigenvalue weighted by Gasteiger charge is 2.23. The Kier molecular flexibility index (Phi) is 3.19. The summed E-state index contributed by atoms with van der Waals surface area (Å²) in [6, 6.07) is 0. The number of nitrogens with two attached hydrogens (primary N) is 1. The molecular weight excluding hydrogens is 208 g/mol. The smallest absolute Gasteiger partial charge is 0.240 e. The first-order valence-corrected chi connectivity index (χ1v) is 5.46. The van der Waals surface area contributed by atoms with Crippen LogP contribution in [0.3, 0.4) is 0 Å². The number of amides is 1. The summed E-state index contributed by atoms with van der Waals surface area (Å²) in [5.74, 6) is 1.13. The lowest BCUT2D eigenvalue weighted by Crippen LogP contribution is -2.38. The maximum absolute atomic E-state index is 11.0. The zero-order chi connectivity index (χ0) is 11.5. The molecule has 0 unspecified atom stereocenters. The van der Waals surface area contributed by atoms with E-state index in [9.17, 15) is 4.79 Å². The van der Waals surface area contributed by atoms with E-state index in [-0.39, 0.29) is 11.8 Å². The third kappa shape index (κ3) is 2.57. The van der Waals surface area contributed by atoms with Crippen LogP contribution in [-0.2, 0) is 11.3 Å². The molecule has 1 aromatic heterocycles. The molecule has 1 fully saturated rings. The molecule has 16 heavy (non-hydrogen) atoms. The quantitative estimate of drug-likeness (QED) is 0.785. The number of aromatic nitrogens is 2. The van der Waals surface area contributed by atoms with Crippen molar-refractivity contribution in [2.45, 2.75) is 26.3 Å². The van der Waals surface area contributed by atoms with E-state index in [1.165, 1.54) is 0 Å². The Morgan fingerprint density at radius 1 is 1.56 bits per heavy atom. The second-order valence-electron chi connectivity index (χ2n) is 4.19. The lowest BCUT2D eigenvalue weighted by atomic mass is 9.96. The first-order valence-electron chi connectivity index (χ1n) is 5.46. The number of hydrogen-bond acceptors (Lipinski definition) is 5. The Hall–Kier alpha value is -1.43. The minimum atomic E-state index is -0.187. The summed E-state index contributed by atoms with van der Waals surface area (Å²) in [6.45, 7) is 4.17. The van der Waals surface area contributed by atoms with Crippen LogP contribution < -0.4 is 5.73 Å². The molecule has 0 atom stereocenters. The maximum Gasteiger partial charge on any atom is 0.240 e. The van der Waals surface area contributed by atoms with Crippen LogP contribution in [0.4, 0.5) is 0 Å². The monoisotopic (exact) mass is 224 g/mol. The standard InChI is InChI=1S/C10H16N4O2/c1-7-12-9(16-13-7)6-14-4-2-8(3-5-14)10(11)15/h8H,2-6H2,1H3,(H2,11,15). The van der Waals surface area contributed by atoms with Gasteiger partial charge in [0.2, 0.25) is 11.8 Å². The van der Waals surface area contributed by atoms with Crippen molar-refractivity contribution in [1.29, 1.82) is 0 Å². The van der Waals surface area contributed by atoms with E-state index in [4.69, 9.17) is 10.3 Å². The van der Waals surface area contributed by atoms with E-state index in [1.807, 2.05) is 0 Å². The largest absolute Gasteiger partial charge is 0.369 e. The third-order valence-electron chi connectivity index (χ3n) is 2.92. The van der Waals surface area contributed by atoms with Crippen molar-refractivity contribution in [1.82, 2.24) is 15.0 Å². The summed E-state index contributed by atoms with van der Waals surface area (Å²) in [5, 5.41) is 3.74. The van der Waals surface area contributed by atoms with Gasteiger partial charge in [0.15, 0.2) is 5.82 Å². The van der Waals surface area contributed by atoms with E-state index in [2.05, 4.69) is 15.0 Å². The number of carbonyl (C=O) groups excluding carboxylic acids is 1. The van der Waals surface area contributed by atoms with Crippen LogP contribution in [0, 0.1) is 12.8 Å². The van der Waals surface area contributed by atoms with Crippen molar-refractivity contribution in [3.63, 3.8) is 0 Å². The summed E-state index contributed by atoms with van der Waals surface area (Å²) in [7, 11) is 0. The molecule has 1 saturated heterocycles. The number of hydrogen-bond donors (Lipinski definition) is 1. The SMILES string of the molecule is Cc1noc(CN2CCC(C(N)=O)CC2)n1. The minimum Gasteiger partial charge on any atom is -0.369 e. The van der Waals surface area contributed by atoms with Crippen LogP contribution in [0.15, 0.2) is 4.52 Å². The fourth-order valence-corrected chi connectivity index (χ4v) is 1.97. The van der Waals surface area contributed by atoms with E-state index >= 15 is 0 Å². The zero-order valence-electron chi connectivity index (χ0n) is 9.35. The fraction of sp³-hybridized carbons (Fsp3) is 0.700. The van der Waals surface area contributed by atoms with Gasteiger partial charge in [-0.05, 0) is 32.9 Å². The van der Waals surface area contributed by atoms with Crippen LogP contribution in [0.5, 0.6) is 0 Å². The number of aryl methyl sites for hydroxylation is 1. The second-order valence-corrected chi connectivity index (χ2v) is 4.19. The van der Waals surface area contributed by atoms with Gasteiger partial charge in [0, 0.05) is 5.92 Å². The van der Waals surface area contributed by atoms with Gasteiger partial charge in [-0.15, -0.1) is 0 Å². The fourth-order valence-electron chi connectivity index (χ4n) is 1.97. The van der Waals surface area contributed by atoms with Crippen molar-refractivity contribution in [2.24, 2.45) is 11.7 Å². The highest BCUT2D eigenvalue weighted by molar-refractivity contribution is 5.76. The molecule has 2 rings (SSSR count).